The lowest BCUT2D eigenvalue weighted by Gasteiger charge is -2.17. The van der Waals surface area contributed by atoms with E-state index in [4.69, 9.17) is 14.2 Å². The highest BCUT2D eigenvalue weighted by molar-refractivity contribution is 6.28. The summed E-state index contributed by atoms with van der Waals surface area (Å²) in [5.74, 6) is 0.676. The largest absolute Gasteiger partial charge is 0.491 e. The molecule has 2 amide bonds. The zero-order chi connectivity index (χ0) is 18.4. The summed E-state index contributed by atoms with van der Waals surface area (Å²) in [6, 6.07) is 16.2. The molecule has 0 bridgehead atoms. The van der Waals surface area contributed by atoms with Crippen LogP contribution in [0.1, 0.15) is 6.92 Å². The minimum Gasteiger partial charge on any atom is -0.491 e. The van der Waals surface area contributed by atoms with Crippen molar-refractivity contribution in [2.24, 2.45) is 0 Å². The lowest BCUT2D eigenvalue weighted by atomic mass is 10.3. The van der Waals surface area contributed by atoms with Gasteiger partial charge < -0.3 is 14.2 Å². The van der Waals surface area contributed by atoms with Gasteiger partial charge in [0.05, 0.1) is 12.3 Å². The van der Waals surface area contributed by atoms with Crippen LogP contribution in [-0.4, -0.2) is 31.3 Å². The first-order valence-corrected chi connectivity index (χ1v) is 8.26. The second kappa shape index (κ2) is 8.31. The van der Waals surface area contributed by atoms with Crippen molar-refractivity contribution in [2.75, 3.05) is 18.1 Å². The van der Waals surface area contributed by atoms with Crippen LogP contribution < -0.4 is 14.4 Å². The Morgan fingerprint density at radius 2 is 1.50 bits per heavy atom. The van der Waals surface area contributed by atoms with E-state index in [0.717, 1.165) is 10.6 Å². The average molecular weight is 353 g/mol. The highest BCUT2D eigenvalue weighted by atomic mass is 16.7. The van der Waals surface area contributed by atoms with Crippen LogP contribution in [0.25, 0.3) is 0 Å². The molecule has 0 spiro atoms. The number of carbonyl (C=O) groups excluding carboxylic acids is 2. The number of para-hydroxylation sites is 1. The van der Waals surface area contributed by atoms with Gasteiger partial charge in [-0.2, -0.15) is 0 Å². The molecule has 0 aliphatic carbocycles. The summed E-state index contributed by atoms with van der Waals surface area (Å²) < 4.78 is 16.8. The Balaban J connectivity index is 1.43. The third-order valence-corrected chi connectivity index (χ3v) is 3.65. The Morgan fingerprint density at radius 3 is 2.15 bits per heavy atom. The van der Waals surface area contributed by atoms with E-state index in [2.05, 4.69) is 0 Å². The first kappa shape index (κ1) is 17.7. The number of rotatable bonds is 8. The molecular weight excluding hydrogens is 334 g/mol. The van der Waals surface area contributed by atoms with Crippen LogP contribution in [0.2, 0.25) is 0 Å². The van der Waals surface area contributed by atoms with E-state index in [9.17, 15) is 9.59 Å². The van der Waals surface area contributed by atoms with Crippen LogP contribution in [-0.2, 0) is 14.3 Å². The second-order valence-corrected chi connectivity index (χ2v) is 5.56. The molecule has 0 N–H and O–H groups in total. The van der Waals surface area contributed by atoms with Gasteiger partial charge >= 0.3 is 0 Å². The molecule has 2 aromatic rings. The fourth-order valence-electron chi connectivity index (χ4n) is 2.44. The molecule has 26 heavy (non-hydrogen) atoms. The molecule has 2 aromatic carbocycles. The number of amides is 2. The predicted molar refractivity (Wildman–Crippen MR) is 96.1 cm³/mol. The van der Waals surface area contributed by atoms with Gasteiger partial charge in [0.2, 0.25) is 0 Å². The van der Waals surface area contributed by atoms with Gasteiger partial charge in [-0.25, -0.2) is 4.90 Å². The summed E-state index contributed by atoms with van der Waals surface area (Å²) >= 11 is 0. The Hall–Kier alpha value is -3.12. The van der Waals surface area contributed by atoms with Gasteiger partial charge in [-0.3, -0.25) is 9.59 Å². The summed E-state index contributed by atoms with van der Waals surface area (Å²) in [7, 11) is 0. The van der Waals surface area contributed by atoms with Crippen molar-refractivity contribution in [3.63, 3.8) is 0 Å². The number of carbonyl (C=O) groups is 2. The number of nitrogens with zero attached hydrogens (tertiary/aromatic N) is 1. The molecule has 1 aliphatic rings. The van der Waals surface area contributed by atoms with Crippen molar-refractivity contribution >= 4 is 17.5 Å². The first-order valence-electron chi connectivity index (χ1n) is 8.26. The Bertz CT molecular complexity index is 768. The van der Waals surface area contributed by atoms with Gasteiger partial charge in [0.15, 0.2) is 6.29 Å². The maximum Gasteiger partial charge on any atom is 0.258 e. The fourth-order valence-corrected chi connectivity index (χ4v) is 2.44. The average Bonchev–Trinajstić information content (AvgIpc) is 2.99. The predicted octanol–water partition coefficient (Wildman–Crippen LogP) is 2.94. The van der Waals surface area contributed by atoms with Crippen molar-refractivity contribution in [3.8, 4) is 11.5 Å². The van der Waals surface area contributed by atoms with Gasteiger partial charge in [0, 0.05) is 12.2 Å². The van der Waals surface area contributed by atoms with Crippen molar-refractivity contribution in [1.82, 2.24) is 0 Å². The smallest absolute Gasteiger partial charge is 0.258 e. The van der Waals surface area contributed by atoms with E-state index >= 15 is 0 Å². The molecule has 134 valence electrons. The summed E-state index contributed by atoms with van der Waals surface area (Å²) in [4.78, 5) is 24.4. The molecule has 0 saturated carbocycles. The zero-order valence-corrected chi connectivity index (χ0v) is 14.3. The quantitative estimate of drug-likeness (QED) is 0.415. The number of imide groups is 1. The summed E-state index contributed by atoms with van der Waals surface area (Å²) in [5.41, 5.74) is 0.502. The molecule has 0 radical (unpaired) electrons. The van der Waals surface area contributed by atoms with Crippen molar-refractivity contribution in [1.29, 1.82) is 0 Å². The monoisotopic (exact) mass is 353 g/mol. The third kappa shape index (κ3) is 4.49. The van der Waals surface area contributed by atoms with Crippen LogP contribution >= 0.6 is 0 Å². The van der Waals surface area contributed by atoms with E-state index in [0.29, 0.717) is 24.7 Å². The van der Waals surface area contributed by atoms with Gasteiger partial charge in [-0.1, -0.05) is 18.2 Å². The molecule has 6 heteroatoms. The number of anilines is 1. The van der Waals surface area contributed by atoms with Gasteiger partial charge in [0.25, 0.3) is 11.8 Å². The maximum absolute atomic E-state index is 11.7. The highest BCUT2D eigenvalue weighted by Gasteiger charge is 2.24. The number of benzene rings is 2. The SMILES string of the molecule is CC(OCCOc1ccccc1)Oc1ccc(N2C(=O)C=CC2=O)cc1. The van der Waals surface area contributed by atoms with E-state index in [-0.39, 0.29) is 11.8 Å². The van der Waals surface area contributed by atoms with E-state index < -0.39 is 6.29 Å². The number of hydrogen-bond acceptors (Lipinski definition) is 5. The molecule has 6 nitrogen and oxygen atoms in total. The Morgan fingerprint density at radius 1 is 0.846 bits per heavy atom. The minimum atomic E-state index is -0.461. The lowest BCUT2D eigenvalue weighted by Crippen LogP contribution is -2.29. The summed E-state index contributed by atoms with van der Waals surface area (Å²) in [5, 5.41) is 0. The highest BCUT2D eigenvalue weighted by Crippen LogP contribution is 2.23. The van der Waals surface area contributed by atoms with Crippen molar-refractivity contribution < 1.29 is 23.8 Å². The fraction of sp³-hybridized carbons (Fsp3) is 0.200. The third-order valence-electron chi connectivity index (χ3n) is 3.65. The zero-order valence-electron chi connectivity index (χ0n) is 14.3. The maximum atomic E-state index is 11.7. The van der Waals surface area contributed by atoms with Crippen LogP contribution in [0.5, 0.6) is 11.5 Å². The number of ether oxygens (including phenoxy) is 3. The molecular formula is C20H19NO5. The normalized spacial score (nSPS) is 14.6. The molecule has 1 unspecified atom stereocenters. The Labute approximate surface area is 151 Å². The molecule has 0 aromatic heterocycles. The molecule has 1 heterocycles. The van der Waals surface area contributed by atoms with Gasteiger partial charge in [0.1, 0.15) is 18.1 Å². The minimum absolute atomic E-state index is 0.348. The van der Waals surface area contributed by atoms with Gasteiger partial charge in [-0.15, -0.1) is 0 Å². The molecule has 1 aliphatic heterocycles. The van der Waals surface area contributed by atoms with Gasteiger partial charge in [-0.05, 0) is 43.3 Å². The first-order chi connectivity index (χ1) is 12.6. The lowest BCUT2D eigenvalue weighted by molar-refractivity contribution is -0.120. The Kier molecular flexibility index (Phi) is 5.66. The molecule has 3 rings (SSSR count). The molecule has 0 saturated heterocycles. The standard InChI is InChI=1S/C20H19NO5/c1-15(24-13-14-25-17-5-3-2-4-6-17)26-18-9-7-16(8-10-18)21-19(22)11-12-20(21)23/h2-12,15H,13-14H2,1H3. The topological polar surface area (TPSA) is 65.1 Å². The van der Waals surface area contributed by atoms with Crippen LogP contribution in [0.15, 0.2) is 66.7 Å². The number of hydrogen-bond donors (Lipinski definition) is 0. The summed E-state index contributed by atoms with van der Waals surface area (Å²) in [6.07, 6.45) is 2.04. The van der Waals surface area contributed by atoms with E-state index in [1.54, 1.807) is 31.2 Å². The molecule has 0 fully saturated rings. The van der Waals surface area contributed by atoms with Crippen LogP contribution in [0.4, 0.5) is 5.69 Å². The van der Waals surface area contributed by atoms with Crippen LogP contribution in [0.3, 0.4) is 0 Å². The van der Waals surface area contributed by atoms with E-state index in [1.165, 1.54) is 12.2 Å². The molecule has 1 atom stereocenters. The second-order valence-electron chi connectivity index (χ2n) is 5.56. The van der Waals surface area contributed by atoms with Crippen molar-refractivity contribution in [3.05, 3.63) is 66.7 Å². The van der Waals surface area contributed by atoms with E-state index in [1.807, 2.05) is 30.3 Å². The summed E-state index contributed by atoms with van der Waals surface area (Å²) in [6.45, 7) is 2.59. The van der Waals surface area contributed by atoms with Crippen LogP contribution in [0, 0.1) is 0 Å². The van der Waals surface area contributed by atoms with Crippen molar-refractivity contribution in [2.45, 2.75) is 13.2 Å².